The standard InChI is InChI=1S/C27H37N5O4S/c1-17(2)22-23(25(34)29-16-21(26(35)36)30-24(33)20-6-4-3-5-7-20)37-27(31-22)32-14-10-19(11-15-32)18-8-12-28-13-9-18/h3-7,17-19,21,28H,8-16H2,1-2H3,(H,29,34)(H,30,33)(H,35,36). The van der Waals surface area contributed by atoms with Gasteiger partial charge in [0.15, 0.2) is 5.13 Å². The number of hydrogen-bond acceptors (Lipinski definition) is 7. The molecule has 0 radical (unpaired) electrons. The second-order valence-electron chi connectivity index (χ2n) is 10.2. The van der Waals surface area contributed by atoms with Crippen LogP contribution in [0.25, 0.3) is 0 Å². The summed E-state index contributed by atoms with van der Waals surface area (Å²) < 4.78 is 0. The van der Waals surface area contributed by atoms with Crippen LogP contribution in [-0.2, 0) is 4.79 Å². The Morgan fingerprint density at radius 3 is 2.32 bits per heavy atom. The van der Waals surface area contributed by atoms with Gasteiger partial charge in [0, 0.05) is 25.2 Å². The predicted octanol–water partition coefficient (Wildman–Crippen LogP) is 3.10. The monoisotopic (exact) mass is 527 g/mol. The van der Waals surface area contributed by atoms with Crippen molar-refractivity contribution in [2.45, 2.75) is 51.5 Å². The Bertz CT molecular complexity index is 1080. The van der Waals surface area contributed by atoms with Gasteiger partial charge in [-0.05, 0) is 68.7 Å². The summed E-state index contributed by atoms with van der Waals surface area (Å²) in [6.45, 7) is 7.89. The molecule has 3 heterocycles. The molecule has 0 saturated carbocycles. The van der Waals surface area contributed by atoms with E-state index >= 15 is 0 Å². The number of rotatable bonds is 9. The number of aliphatic carboxylic acids is 1. The molecule has 2 amide bonds. The molecule has 9 nitrogen and oxygen atoms in total. The molecule has 2 saturated heterocycles. The van der Waals surface area contributed by atoms with E-state index in [0.29, 0.717) is 10.4 Å². The lowest BCUT2D eigenvalue weighted by atomic mass is 9.79. The Morgan fingerprint density at radius 2 is 1.70 bits per heavy atom. The zero-order valence-corrected chi connectivity index (χ0v) is 22.4. The van der Waals surface area contributed by atoms with Gasteiger partial charge in [-0.15, -0.1) is 0 Å². The predicted molar refractivity (Wildman–Crippen MR) is 144 cm³/mol. The van der Waals surface area contributed by atoms with Crippen LogP contribution in [0.15, 0.2) is 30.3 Å². The van der Waals surface area contributed by atoms with Crippen LogP contribution < -0.4 is 20.9 Å². The summed E-state index contributed by atoms with van der Waals surface area (Å²) >= 11 is 1.37. The molecule has 2 aromatic rings. The molecule has 1 unspecified atom stereocenters. The molecule has 1 aromatic carbocycles. The second kappa shape index (κ2) is 12.5. The van der Waals surface area contributed by atoms with Crippen molar-refractivity contribution in [2.75, 3.05) is 37.6 Å². The lowest BCUT2D eigenvalue weighted by Crippen LogP contribution is -2.48. The van der Waals surface area contributed by atoms with Crippen molar-refractivity contribution in [3.8, 4) is 0 Å². The van der Waals surface area contributed by atoms with Crippen LogP contribution in [-0.4, -0.2) is 66.6 Å². The van der Waals surface area contributed by atoms with Gasteiger partial charge in [-0.3, -0.25) is 9.59 Å². The fraction of sp³-hybridized carbons (Fsp3) is 0.556. The van der Waals surface area contributed by atoms with E-state index in [-0.39, 0.29) is 18.4 Å². The first-order chi connectivity index (χ1) is 17.8. The number of piperidine rings is 2. The highest BCUT2D eigenvalue weighted by molar-refractivity contribution is 7.17. The first kappa shape index (κ1) is 27.1. The van der Waals surface area contributed by atoms with Crippen LogP contribution in [0.1, 0.15) is 71.2 Å². The molecule has 2 aliphatic rings. The molecular formula is C27H37N5O4S. The van der Waals surface area contributed by atoms with Gasteiger partial charge in [0.25, 0.3) is 11.8 Å². The van der Waals surface area contributed by atoms with Gasteiger partial charge in [0.1, 0.15) is 10.9 Å². The van der Waals surface area contributed by atoms with Crippen molar-refractivity contribution < 1.29 is 19.5 Å². The van der Waals surface area contributed by atoms with Crippen LogP contribution in [0.5, 0.6) is 0 Å². The Morgan fingerprint density at radius 1 is 1.05 bits per heavy atom. The third-order valence-electron chi connectivity index (χ3n) is 7.36. The first-order valence-electron chi connectivity index (χ1n) is 13.2. The molecule has 200 valence electrons. The van der Waals surface area contributed by atoms with Crippen LogP contribution in [0.3, 0.4) is 0 Å². The number of amides is 2. The van der Waals surface area contributed by atoms with Crippen molar-refractivity contribution in [1.82, 2.24) is 20.9 Å². The maximum atomic E-state index is 13.1. The number of thiazole rings is 1. The molecule has 0 bridgehead atoms. The molecule has 37 heavy (non-hydrogen) atoms. The number of aromatic nitrogens is 1. The Labute approximate surface area is 222 Å². The van der Waals surface area contributed by atoms with Gasteiger partial charge < -0.3 is 26.0 Å². The molecule has 1 aromatic heterocycles. The van der Waals surface area contributed by atoms with E-state index in [2.05, 4.69) is 20.9 Å². The number of nitrogens with zero attached hydrogens (tertiary/aromatic N) is 2. The van der Waals surface area contributed by atoms with Crippen LogP contribution >= 0.6 is 11.3 Å². The number of carboxylic acids is 1. The lowest BCUT2D eigenvalue weighted by molar-refractivity contribution is -0.139. The van der Waals surface area contributed by atoms with Crippen molar-refractivity contribution in [1.29, 1.82) is 0 Å². The van der Waals surface area contributed by atoms with Crippen LogP contribution in [0, 0.1) is 11.8 Å². The van der Waals surface area contributed by atoms with Gasteiger partial charge in [-0.2, -0.15) is 0 Å². The normalized spacial score (nSPS) is 18.0. The highest BCUT2D eigenvalue weighted by Gasteiger charge is 2.30. The summed E-state index contributed by atoms with van der Waals surface area (Å²) in [5.74, 6) is -0.474. The molecule has 2 fully saturated rings. The van der Waals surface area contributed by atoms with E-state index in [1.54, 1.807) is 30.3 Å². The first-order valence-corrected chi connectivity index (χ1v) is 14.0. The van der Waals surface area contributed by atoms with Gasteiger partial charge in [-0.25, -0.2) is 9.78 Å². The third-order valence-corrected chi connectivity index (χ3v) is 8.49. The maximum Gasteiger partial charge on any atom is 0.328 e. The largest absolute Gasteiger partial charge is 0.480 e. The lowest BCUT2D eigenvalue weighted by Gasteiger charge is -2.37. The van der Waals surface area contributed by atoms with E-state index in [9.17, 15) is 19.5 Å². The molecular weight excluding hydrogens is 490 g/mol. The minimum atomic E-state index is -1.25. The van der Waals surface area contributed by atoms with Crippen LogP contribution in [0.4, 0.5) is 5.13 Å². The molecule has 2 aliphatic heterocycles. The van der Waals surface area contributed by atoms with Crippen molar-refractivity contribution >= 4 is 34.3 Å². The summed E-state index contributed by atoms with van der Waals surface area (Å²) in [5, 5.41) is 19.1. The molecule has 4 N–H and O–H groups in total. The summed E-state index contributed by atoms with van der Waals surface area (Å²) in [4.78, 5) is 44.9. The highest BCUT2D eigenvalue weighted by Crippen LogP contribution is 2.36. The van der Waals surface area contributed by atoms with E-state index in [1.807, 2.05) is 13.8 Å². The average Bonchev–Trinajstić information content (AvgIpc) is 3.38. The highest BCUT2D eigenvalue weighted by atomic mass is 32.1. The fourth-order valence-electron chi connectivity index (χ4n) is 5.19. The van der Waals surface area contributed by atoms with Gasteiger partial charge in [0.05, 0.1) is 5.69 Å². The summed E-state index contributed by atoms with van der Waals surface area (Å²) in [7, 11) is 0. The van der Waals surface area contributed by atoms with E-state index < -0.39 is 17.9 Å². The second-order valence-corrected chi connectivity index (χ2v) is 11.2. The minimum Gasteiger partial charge on any atom is -0.480 e. The number of benzene rings is 1. The number of carbonyl (C=O) groups excluding carboxylic acids is 2. The molecule has 10 heteroatoms. The smallest absolute Gasteiger partial charge is 0.328 e. The summed E-state index contributed by atoms with van der Waals surface area (Å²) in [6.07, 6.45) is 4.80. The number of hydrogen-bond donors (Lipinski definition) is 4. The maximum absolute atomic E-state index is 13.1. The van der Waals surface area contributed by atoms with Crippen molar-refractivity contribution in [3.63, 3.8) is 0 Å². The van der Waals surface area contributed by atoms with Crippen LogP contribution in [0.2, 0.25) is 0 Å². The molecule has 0 aliphatic carbocycles. The van der Waals surface area contributed by atoms with E-state index in [1.165, 1.54) is 24.2 Å². The average molecular weight is 528 g/mol. The van der Waals surface area contributed by atoms with Gasteiger partial charge in [0.2, 0.25) is 0 Å². The fourth-order valence-corrected chi connectivity index (χ4v) is 6.38. The molecule has 4 rings (SSSR count). The van der Waals surface area contributed by atoms with E-state index in [4.69, 9.17) is 4.98 Å². The zero-order valence-electron chi connectivity index (χ0n) is 21.5. The minimum absolute atomic E-state index is 0.0473. The van der Waals surface area contributed by atoms with Gasteiger partial charge >= 0.3 is 5.97 Å². The number of anilines is 1. The summed E-state index contributed by atoms with van der Waals surface area (Å²) in [6, 6.07) is 7.15. The van der Waals surface area contributed by atoms with E-state index in [0.717, 1.165) is 61.7 Å². The van der Waals surface area contributed by atoms with Crippen molar-refractivity contribution in [3.05, 3.63) is 46.5 Å². The Hall–Kier alpha value is -2.98. The molecule has 1 atom stereocenters. The number of carboxylic acid groups (broad SMARTS) is 1. The zero-order chi connectivity index (χ0) is 26.4. The third kappa shape index (κ3) is 6.87. The SMILES string of the molecule is CC(C)c1nc(N2CCC(C3CCNCC3)CC2)sc1C(=O)NCC(NC(=O)c1ccccc1)C(=O)O. The topological polar surface area (TPSA) is 124 Å². The van der Waals surface area contributed by atoms with Gasteiger partial charge in [-0.1, -0.05) is 43.4 Å². The number of nitrogens with one attached hydrogen (secondary N) is 3. The quantitative estimate of drug-likeness (QED) is 0.395. The Kier molecular flexibility index (Phi) is 9.15. The number of carbonyl (C=O) groups is 3. The van der Waals surface area contributed by atoms with Crippen molar-refractivity contribution in [2.24, 2.45) is 11.8 Å². The summed E-state index contributed by atoms with van der Waals surface area (Å²) in [5.41, 5.74) is 1.08. The molecule has 0 spiro atoms. The Balaban J connectivity index is 1.38.